The van der Waals surface area contributed by atoms with Crippen molar-refractivity contribution in [1.29, 1.82) is 0 Å². The average Bonchev–Trinajstić information content (AvgIpc) is 3.21. The minimum atomic E-state index is -0.713. The molecule has 0 radical (unpaired) electrons. The highest BCUT2D eigenvalue weighted by Crippen LogP contribution is 2.37. The van der Waals surface area contributed by atoms with Crippen LogP contribution in [0.1, 0.15) is 57.3 Å². The Kier molecular flexibility index (Phi) is 4.09. The maximum Gasteiger partial charge on any atom is 0.325 e. The first kappa shape index (κ1) is 15.9. The number of hydrogen-bond acceptors (Lipinski definition) is 6. The highest BCUT2D eigenvalue weighted by molar-refractivity contribution is 6.07. The molecule has 2 N–H and O–H groups in total. The molecule has 1 aliphatic heterocycles. The number of urea groups is 1. The van der Waals surface area contributed by atoms with Crippen molar-refractivity contribution >= 4 is 11.9 Å². The lowest BCUT2D eigenvalue weighted by Gasteiger charge is -2.22. The van der Waals surface area contributed by atoms with Crippen molar-refractivity contribution in [3.05, 3.63) is 11.7 Å². The summed E-state index contributed by atoms with van der Waals surface area (Å²) in [7, 11) is 1.86. The molecule has 1 aliphatic carbocycles. The topological polar surface area (TPSA) is 100 Å². The zero-order chi connectivity index (χ0) is 16.6. The SMILES string of the molecule is CNC(C)Cc1noc(C(C)N2C(=O)NC3(CCCC3)C2=O)n1. The van der Waals surface area contributed by atoms with Gasteiger partial charge in [-0.05, 0) is 33.7 Å². The van der Waals surface area contributed by atoms with E-state index in [9.17, 15) is 9.59 Å². The molecule has 8 nitrogen and oxygen atoms in total. The van der Waals surface area contributed by atoms with E-state index in [-0.39, 0.29) is 18.0 Å². The van der Waals surface area contributed by atoms with E-state index in [4.69, 9.17) is 4.52 Å². The fourth-order valence-electron chi connectivity index (χ4n) is 3.32. The number of likely N-dealkylation sites (N-methyl/N-ethyl adjacent to an activating group) is 1. The second-order valence-corrected chi connectivity index (χ2v) is 6.51. The molecule has 2 heterocycles. The quantitative estimate of drug-likeness (QED) is 0.789. The fraction of sp³-hybridized carbons (Fsp3) is 0.733. The summed E-state index contributed by atoms with van der Waals surface area (Å²) >= 11 is 0. The second kappa shape index (κ2) is 5.92. The first-order valence-corrected chi connectivity index (χ1v) is 8.12. The Balaban J connectivity index is 1.76. The van der Waals surface area contributed by atoms with E-state index in [1.165, 1.54) is 4.90 Å². The van der Waals surface area contributed by atoms with Gasteiger partial charge < -0.3 is 15.2 Å². The number of carbonyl (C=O) groups is 2. The van der Waals surface area contributed by atoms with Gasteiger partial charge in [0.25, 0.3) is 5.91 Å². The Bertz CT molecular complexity index is 608. The number of rotatable bonds is 5. The highest BCUT2D eigenvalue weighted by Gasteiger charge is 2.54. The lowest BCUT2D eigenvalue weighted by Crippen LogP contribution is -2.44. The first-order chi connectivity index (χ1) is 11.0. The molecule has 3 amide bonds. The van der Waals surface area contributed by atoms with Gasteiger partial charge in [-0.15, -0.1) is 0 Å². The largest absolute Gasteiger partial charge is 0.337 e. The van der Waals surface area contributed by atoms with Gasteiger partial charge in [0.2, 0.25) is 5.89 Å². The van der Waals surface area contributed by atoms with E-state index < -0.39 is 11.6 Å². The standard InChI is InChI=1S/C15H23N5O3/c1-9(16-3)8-11-17-12(23-19-11)10(2)20-13(21)15(18-14(20)22)6-4-5-7-15/h9-10,16H,4-8H2,1-3H3,(H,18,22). The van der Waals surface area contributed by atoms with Crippen molar-refractivity contribution in [1.82, 2.24) is 25.7 Å². The Morgan fingerprint density at radius 2 is 2.04 bits per heavy atom. The summed E-state index contributed by atoms with van der Waals surface area (Å²) in [4.78, 5) is 30.6. The summed E-state index contributed by atoms with van der Waals surface area (Å²) in [5.74, 6) is 0.689. The van der Waals surface area contributed by atoms with Gasteiger partial charge in [-0.25, -0.2) is 9.69 Å². The van der Waals surface area contributed by atoms with Gasteiger partial charge in [-0.3, -0.25) is 4.79 Å². The van der Waals surface area contributed by atoms with Crippen molar-refractivity contribution in [2.45, 2.75) is 63.6 Å². The van der Waals surface area contributed by atoms with E-state index in [0.717, 1.165) is 12.8 Å². The first-order valence-electron chi connectivity index (χ1n) is 8.12. The minimum absolute atomic E-state index is 0.171. The van der Waals surface area contributed by atoms with Crippen LogP contribution in [0.4, 0.5) is 4.79 Å². The molecular weight excluding hydrogens is 298 g/mol. The summed E-state index contributed by atoms with van der Waals surface area (Å²) in [6.07, 6.45) is 3.95. The second-order valence-electron chi connectivity index (χ2n) is 6.51. The van der Waals surface area contributed by atoms with Crippen LogP contribution in [0.15, 0.2) is 4.52 Å². The van der Waals surface area contributed by atoms with Crippen LogP contribution < -0.4 is 10.6 Å². The smallest absolute Gasteiger partial charge is 0.325 e. The molecule has 1 spiro atoms. The van der Waals surface area contributed by atoms with Gasteiger partial charge in [-0.2, -0.15) is 4.98 Å². The average molecular weight is 321 g/mol. The third-order valence-electron chi connectivity index (χ3n) is 4.86. The van der Waals surface area contributed by atoms with E-state index in [1.807, 2.05) is 14.0 Å². The van der Waals surface area contributed by atoms with Crippen LogP contribution >= 0.6 is 0 Å². The van der Waals surface area contributed by atoms with Crippen LogP contribution in [0.5, 0.6) is 0 Å². The molecule has 1 aromatic heterocycles. The molecule has 1 saturated heterocycles. The lowest BCUT2D eigenvalue weighted by molar-refractivity contribution is -0.132. The molecule has 126 valence electrons. The monoisotopic (exact) mass is 321 g/mol. The Morgan fingerprint density at radius 1 is 1.35 bits per heavy atom. The molecule has 23 heavy (non-hydrogen) atoms. The van der Waals surface area contributed by atoms with Crippen LogP contribution in [0.2, 0.25) is 0 Å². The van der Waals surface area contributed by atoms with E-state index in [2.05, 4.69) is 20.8 Å². The van der Waals surface area contributed by atoms with Crippen LogP contribution in [0.3, 0.4) is 0 Å². The summed E-state index contributed by atoms with van der Waals surface area (Å²) in [5.41, 5.74) is -0.713. The predicted octanol–water partition coefficient (Wildman–Crippen LogP) is 1.15. The van der Waals surface area contributed by atoms with Gasteiger partial charge >= 0.3 is 6.03 Å². The van der Waals surface area contributed by atoms with Gasteiger partial charge in [0.1, 0.15) is 11.6 Å². The van der Waals surface area contributed by atoms with Gasteiger partial charge in [0.05, 0.1) is 0 Å². The van der Waals surface area contributed by atoms with Crippen molar-refractivity contribution in [2.75, 3.05) is 7.05 Å². The van der Waals surface area contributed by atoms with Crippen LogP contribution in [-0.4, -0.2) is 45.6 Å². The van der Waals surface area contributed by atoms with Crippen molar-refractivity contribution in [3.8, 4) is 0 Å². The van der Waals surface area contributed by atoms with Gasteiger partial charge in [-0.1, -0.05) is 18.0 Å². The molecule has 2 fully saturated rings. The maximum atomic E-state index is 12.7. The highest BCUT2D eigenvalue weighted by atomic mass is 16.5. The number of amides is 3. The van der Waals surface area contributed by atoms with Crippen molar-refractivity contribution in [3.63, 3.8) is 0 Å². The zero-order valence-corrected chi connectivity index (χ0v) is 13.8. The van der Waals surface area contributed by atoms with E-state index in [1.54, 1.807) is 6.92 Å². The Hall–Kier alpha value is -1.96. The number of hydrogen-bond donors (Lipinski definition) is 2. The van der Waals surface area contributed by atoms with Crippen molar-refractivity contribution < 1.29 is 14.1 Å². The molecule has 3 rings (SSSR count). The normalized spacial score (nSPS) is 22.7. The molecule has 1 saturated carbocycles. The molecule has 2 atom stereocenters. The van der Waals surface area contributed by atoms with E-state index >= 15 is 0 Å². The lowest BCUT2D eigenvalue weighted by atomic mass is 9.98. The molecule has 0 bridgehead atoms. The van der Waals surface area contributed by atoms with Gasteiger partial charge in [0, 0.05) is 12.5 Å². The number of carbonyl (C=O) groups excluding carboxylic acids is 2. The summed E-state index contributed by atoms with van der Waals surface area (Å²) in [6, 6.07) is -0.712. The molecule has 0 aromatic carbocycles. The number of nitrogens with one attached hydrogen (secondary N) is 2. The third kappa shape index (κ3) is 2.71. The maximum absolute atomic E-state index is 12.7. The van der Waals surface area contributed by atoms with Crippen LogP contribution in [0.25, 0.3) is 0 Å². The number of imide groups is 1. The summed E-state index contributed by atoms with van der Waals surface area (Å²) in [5, 5.41) is 9.91. The minimum Gasteiger partial charge on any atom is -0.337 e. The molecule has 2 unspecified atom stereocenters. The fourth-order valence-corrected chi connectivity index (χ4v) is 3.32. The third-order valence-corrected chi connectivity index (χ3v) is 4.86. The molecule has 2 aliphatic rings. The summed E-state index contributed by atoms with van der Waals surface area (Å²) < 4.78 is 5.27. The van der Waals surface area contributed by atoms with Crippen LogP contribution in [-0.2, 0) is 11.2 Å². The van der Waals surface area contributed by atoms with Gasteiger partial charge in [0.15, 0.2) is 5.82 Å². The molecule has 1 aromatic rings. The molecular formula is C15H23N5O3. The number of aromatic nitrogens is 2. The molecule has 8 heteroatoms. The zero-order valence-electron chi connectivity index (χ0n) is 13.8. The predicted molar refractivity (Wildman–Crippen MR) is 81.5 cm³/mol. The summed E-state index contributed by atoms with van der Waals surface area (Å²) in [6.45, 7) is 3.75. The van der Waals surface area contributed by atoms with Crippen LogP contribution in [0, 0.1) is 0 Å². The van der Waals surface area contributed by atoms with E-state index in [0.29, 0.717) is 31.0 Å². The van der Waals surface area contributed by atoms with Crippen molar-refractivity contribution in [2.24, 2.45) is 0 Å². The Labute approximate surface area is 135 Å². The number of nitrogens with zero attached hydrogens (tertiary/aromatic N) is 3. The Morgan fingerprint density at radius 3 is 2.70 bits per heavy atom.